The zero-order valence-electron chi connectivity index (χ0n) is 12.0. The fourth-order valence-electron chi connectivity index (χ4n) is 2.52. The summed E-state index contributed by atoms with van der Waals surface area (Å²) in [4.78, 5) is 2.64. The Labute approximate surface area is 101 Å². The van der Waals surface area contributed by atoms with Gasteiger partial charge in [0.15, 0.2) is 0 Å². The highest BCUT2D eigenvalue weighted by Crippen LogP contribution is 2.28. The first-order chi connectivity index (χ1) is 7.20. The number of hydrogen-bond donors (Lipinski definition) is 0. The van der Waals surface area contributed by atoms with Crippen molar-refractivity contribution in [3.8, 4) is 0 Å². The lowest BCUT2D eigenvalue weighted by molar-refractivity contribution is -0.0159. The van der Waals surface area contributed by atoms with Gasteiger partial charge in [-0.1, -0.05) is 0 Å². The van der Waals surface area contributed by atoms with Crippen molar-refractivity contribution in [3.63, 3.8) is 0 Å². The van der Waals surface area contributed by atoms with Crippen LogP contribution in [0.25, 0.3) is 0 Å². The van der Waals surface area contributed by atoms with Crippen molar-refractivity contribution in [2.45, 2.75) is 78.0 Å². The van der Waals surface area contributed by atoms with Crippen LogP contribution in [-0.2, 0) is 4.74 Å². The normalized spacial score (nSPS) is 24.0. The molecule has 0 aliphatic carbocycles. The minimum Gasteiger partial charge on any atom is -0.376 e. The summed E-state index contributed by atoms with van der Waals surface area (Å²) < 4.78 is 5.83. The second kappa shape index (κ2) is 5.05. The summed E-state index contributed by atoms with van der Waals surface area (Å²) in [6, 6.07) is 0.724. The Morgan fingerprint density at radius 3 is 2.25 bits per heavy atom. The second-order valence-electron chi connectivity index (χ2n) is 6.91. The molecule has 1 atom stereocenters. The largest absolute Gasteiger partial charge is 0.376 e. The Bertz CT molecular complexity index is 212. The molecule has 0 radical (unpaired) electrons. The topological polar surface area (TPSA) is 12.5 Å². The molecule has 0 spiro atoms. The highest BCUT2D eigenvalue weighted by molar-refractivity contribution is 4.88. The van der Waals surface area contributed by atoms with Crippen LogP contribution in [-0.4, -0.2) is 35.2 Å². The zero-order chi connectivity index (χ0) is 12.4. The molecule has 1 fully saturated rings. The summed E-state index contributed by atoms with van der Waals surface area (Å²) >= 11 is 0. The summed E-state index contributed by atoms with van der Waals surface area (Å²) in [5.74, 6) is 0. The van der Waals surface area contributed by atoms with Gasteiger partial charge in [0, 0.05) is 18.2 Å². The lowest BCUT2D eigenvalue weighted by atomic mass is 10.0. The Balaban J connectivity index is 2.36. The van der Waals surface area contributed by atoms with Gasteiger partial charge in [0.2, 0.25) is 0 Å². The van der Waals surface area contributed by atoms with E-state index in [1.807, 2.05) is 0 Å². The average molecular weight is 227 g/mol. The van der Waals surface area contributed by atoms with Crippen LogP contribution in [0.3, 0.4) is 0 Å². The van der Waals surface area contributed by atoms with Gasteiger partial charge in [0.25, 0.3) is 0 Å². The average Bonchev–Trinajstić information content (AvgIpc) is 2.48. The first-order valence-corrected chi connectivity index (χ1v) is 6.61. The smallest absolute Gasteiger partial charge is 0.0598 e. The summed E-state index contributed by atoms with van der Waals surface area (Å²) in [6.07, 6.45) is 3.86. The molecule has 2 nitrogen and oxygen atoms in total. The maximum Gasteiger partial charge on any atom is 0.0598 e. The van der Waals surface area contributed by atoms with Crippen molar-refractivity contribution >= 4 is 0 Å². The zero-order valence-corrected chi connectivity index (χ0v) is 12.0. The van der Waals surface area contributed by atoms with E-state index >= 15 is 0 Å². The molecular weight excluding hydrogens is 198 g/mol. The SMILES string of the molecule is CC(C)(C)OCCC1CCCN1C(C)(C)C. The van der Waals surface area contributed by atoms with E-state index in [0.717, 1.165) is 12.6 Å². The van der Waals surface area contributed by atoms with Crippen molar-refractivity contribution < 1.29 is 4.74 Å². The number of likely N-dealkylation sites (tertiary alicyclic amines) is 1. The van der Waals surface area contributed by atoms with E-state index in [1.54, 1.807) is 0 Å². The molecule has 1 aliphatic rings. The maximum atomic E-state index is 5.83. The van der Waals surface area contributed by atoms with Gasteiger partial charge in [-0.3, -0.25) is 4.90 Å². The Hall–Kier alpha value is -0.0800. The van der Waals surface area contributed by atoms with Crippen molar-refractivity contribution in [1.82, 2.24) is 4.90 Å². The standard InChI is InChI=1S/C14H29NO/c1-13(2,3)15-10-7-8-12(15)9-11-16-14(4,5)6/h12H,7-11H2,1-6H3. The van der Waals surface area contributed by atoms with E-state index in [2.05, 4.69) is 46.4 Å². The van der Waals surface area contributed by atoms with Gasteiger partial charge in [-0.25, -0.2) is 0 Å². The molecule has 0 saturated carbocycles. The quantitative estimate of drug-likeness (QED) is 0.732. The lowest BCUT2D eigenvalue weighted by Gasteiger charge is -2.37. The van der Waals surface area contributed by atoms with Crippen LogP contribution in [0.15, 0.2) is 0 Å². The van der Waals surface area contributed by atoms with Crippen molar-refractivity contribution in [3.05, 3.63) is 0 Å². The van der Waals surface area contributed by atoms with Gasteiger partial charge in [-0.2, -0.15) is 0 Å². The van der Waals surface area contributed by atoms with Crippen LogP contribution in [0.1, 0.15) is 60.8 Å². The van der Waals surface area contributed by atoms with Crippen LogP contribution >= 0.6 is 0 Å². The predicted molar refractivity (Wildman–Crippen MR) is 69.8 cm³/mol. The molecule has 1 heterocycles. The van der Waals surface area contributed by atoms with Crippen molar-refractivity contribution in [2.24, 2.45) is 0 Å². The van der Waals surface area contributed by atoms with Crippen LogP contribution in [0.4, 0.5) is 0 Å². The molecule has 1 aliphatic heterocycles. The van der Waals surface area contributed by atoms with E-state index < -0.39 is 0 Å². The Morgan fingerprint density at radius 2 is 1.75 bits per heavy atom. The number of ether oxygens (including phenoxy) is 1. The van der Waals surface area contributed by atoms with E-state index in [1.165, 1.54) is 25.8 Å². The summed E-state index contributed by atoms with van der Waals surface area (Å²) in [7, 11) is 0. The fourth-order valence-corrected chi connectivity index (χ4v) is 2.52. The summed E-state index contributed by atoms with van der Waals surface area (Å²) in [5.41, 5.74) is 0.314. The first-order valence-electron chi connectivity index (χ1n) is 6.61. The Morgan fingerprint density at radius 1 is 1.12 bits per heavy atom. The number of rotatable bonds is 3. The van der Waals surface area contributed by atoms with Crippen molar-refractivity contribution in [1.29, 1.82) is 0 Å². The lowest BCUT2D eigenvalue weighted by Crippen LogP contribution is -2.45. The maximum absolute atomic E-state index is 5.83. The van der Waals surface area contributed by atoms with E-state index in [4.69, 9.17) is 4.74 Å². The van der Waals surface area contributed by atoms with Gasteiger partial charge >= 0.3 is 0 Å². The molecule has 0 N–H and O–H groups in total. The molecule has 0 aromatic heterocycles. The molecule has 1 saturated heterocycles. The third-order valence-electron chi connectivity index (χ3n) is 3.22. The third-order valence-corrected chi connectivity index (χ3v) is 3.22. The van der Waals surface area contributed by atoms with Gasteiger partial charge in [-0.15, -0.1) is 0 Å². The van der Waals surface area contributed by atoms with Crippen LogP contribution in [0.5, 0.6) is 0 Å². The molecule has 0 bridgehead atoms. The van der Waals surface area contributed by atoms with Gasteiger partial charge < -0.3 is 4.74 Å². The number of hydrogen-bond acceptors (Lipinski definition) is 2. The van der Waals surface area contributed by atoms with E-state index in [-0.39, 0.29) is 5.60 Å². The predicted octanol–water partition coefficient (Wildman–Crippen LogP) is 3.45. The molecule has 96 valence electrons. The highest BCUT2D eigenvalue weighted by Gasteiger charge is 2.32. The minimum atomic E-state index is 0.00513. The van der Waals surface area contributed by atoms with Crippen LogP contribution < -0.4 is 0 Å². The molecule has 0 amide bonds. The van der Waals surface area contributed by atoms with Crippen LogP contribution in [0, 0.1) is 0 Å². The van der Waals surface area contributed by atoms with Gasteiger partial charge in [0.05, 0.1) is 5.60 Å². The molecule has 0 aromatic carbocycles. The molecule has 2 heteroatoms. The molecule has 16 heavy (non-hydrogen) atoms. The molecular formula is C14H29NO. The molecule has 1 rings (SSSR count). The monoisotopic (exact) mass is 227 g/mol. The second-order valence-corrected chi connectivity index (χ2v) is 6.91. The summed E-state index contributed by atoms with van der Waals surface area (Å²) in [6.45, 7) is 15.5. The third kappa shape index (κ3) is 4.42. The fraction of sp³-hybridized carbons (Fsp3) is 1.00. The molecule has 0 aromatic rings. The Kier molecular flexibility index (Phi) is 4.42. The highest BCUT2D eigenvalue weighted by atomic mass is 16.5. The van der Waals surface area contributed by atoms with Crippen molar-refractivity contribution in [2.75, 3.05) is 13.2 Å². The van der Waals surface area contributed by atoms with Gasteiger partial charge in [-0.05, 0) is 67.3 Å². The van der Waals surface area contributed by atoms with Gasteiger partial charge in [0.1, 0.15) is 0 Å². The minimum absolute atomic E-state index is 0.00513. The van der Waals surface area contributed by atoms with E-state index in [9.17, 15) is 0 Å². The number of nitrogens with zero attached hydrogens (tertiary/aromatic N) is 1. The van der Waals surface area contributed by atoms with E-state index in [0.29, 0.717) is 5.54 Å². The van der Waals surface area contributed by atoms with Crippen LogP contribution in [0.2, 0.25) is 0 Å². The first kappa shape index (κ1) is 14.0. The summed E-state index contributed by atoms with van der Waals surface area (Å²) in [5, 5.41) is 0. The molecule has 1 unspecified atom stereocenters.